The summed E-state index contributed by atoms with van der Waals surface area (Å²) in [5.74, 6) is 0.839. The van der Waals surface area contributed by atoms with Crippen molar-refractivity contribution < 1.29 is 0 Å². The molecule has 0 saturated heterocycles. The van der Waals surface area contributed by atoms with Gasteiger partial charge in [0.1, 0.15) is 12.2 Å². The maximum atomic E-state index is 5.54. The second-order valence-electron chi connectivity index (χ2n) is 3.38. The molecular formula is C11H14N4. The Kier molecular flexibility index (Phi) is 3.09. The Morgan fingerprint density at radius 3 is 2.73 bits per heavy atom. The first kappa shape index (κ1) is 9.86. The van der Waals surface area contributed by atoms with Crippen LogP contribution in [0.1, 0.15) is 11.4 Å². The number of aromatic nitrogens is 3. The van der Waals surface area contributed by atoms with Gasteiger partial charge in [-0.3, -0.25) is 0 Å². The SMILES string of the molecule is NCc1nncn1CCc1ccccc1. The van der Waals surface area contributed by atoms with Crippen molar-refractivity contribution in [3.63, 3.8) is 0 Å². The van der Waals surface area contributed by atoms with E-state index in [2.05, 4.69) is 22.3 Å². The molecule has 0 bridgehead atoms. The number of nitrogens with two attached hydrogens (primary N) is 1. The highest BCUT2D eigenvalue weighted by Gasteiger charge is 2.01. The van der Waals surface area contributed by atoms with Crippen LogP contribution in [0.2, 0.25) is 0 Å². The van der Waals surface area contributed by atoms with E-state index in [9.17, 15) is 0 Å². The molecule has 0 spiro atoms. The maximum absolute atomic E-state index is 5.54. The summed E-state index contributed by atoms with van der Waals surface area (Å²) in [5.41, 5.74) is 6.85. The minimum absolute atomic E-state index is 0.439. The summed E-state index contributed by atoms with van der Waals surface area (Å²) in [6.07, 6.45) is 2.71. The third-order valence-electron chi connectivity index (χ3n) is 2.36. The largest absolute Gasteiger partial charge is 0.324 e. The third-order valence-corrected chi connectivity index (χ3v) is 2.36. The number of hydrogen-bond acceptors (Lipinski definition) is 3. The molecule has 4 heteroatoms. The molecule has 1 heterocycles. The average Bonchev–Trinajstić information content (AvgIpc) is 2.75. The fraction of sp³-hybridized carbons (Fsp3) is 0.273. The van der Waals surface area contributed by atoms with Gasteiger partial charge in [-0.2, -0.15) is 0 Å². The lowest BCUT2D eigenvalue weighted by atomic mass is 10.1. The zero-order chi connectivity index (χ0) is 10.5. The highest BCUT2D eigenvalue weighted by Crippen LogP contribution is 2.02. The zero-order valence-electron chi connectivity index (χ0n) is 8.50. The fourth-order valence-corrected chi connectivity index (χ4v) is 1.52. The lowest BCUT2D eigenvalue weighted by molar-refractivity contribution is 0.651. The van der Waals surface area contributed by atoms with Crippen molar-refractivity contribution in [3.05, 3.63) is 48.0 Å². The summed E-state index contributed by atoms with van der Waals surface area (Å²) in [6.45, 7) is 1.32. The fourth-order valence-electron chi connectivity index (χ4n) is 1.52. The van der Waals surface area contributed by atoms with Crippen molar-refractivity contribution in [2.75, 3.05) is 0 Å². The predicted molar refractivity (Wildman–Crippen MR) is 58.1 cm³/mol. The topological polar surface area (TPSA) is 56.7 Å². The van der Waals surface area contributed by atoms with Crippen LogP contribution in [0.4, 0.5) is 0 Å². The molecule has 15 heavy (non-hydrogen) atoms. The highest BCUT2D eigenvalue weighted by molar-refractivity contribution is 5.14. The van der Waals surface area contributed by atoms with Gasteiger partial charge < -0.3 is 10.3 Å². The molecule has 0 aliphatic carbocycles. The Morgan fingerprint density at radius 2 is 2.00 bits per heavy atom. The van der Waals surface area contributed by atoms with E-state index in [1.54, 1.807) is 6.33 Å². The monoisotopic (exact) mass is 202 g/mol. The number of benzene rings is 1. The number of hydrogen-bond donors (Lipinski definition) is 1. The molecule has 0 radical (unpaired) electrons. The normalized spacial score (nSPS) is 10.5. The van der Waals surface area contributed by atoms with E-state index in [1.165, 1.54) is 5.56 Å². The zero-order valence-corrected chi connectivity index (χ0v) is 8.50. The molecule has 0 atom stereocenters. The lowest BCUT2D eigenvalue weighted by Gasteiger charge is -2.04. The van der Waals surface area contributed by atoms with Gasteiger partial charge in [-0.15, -0.1) is 10.2 Å². The molecule has 78 valence electrons. The Bertz CT molecular complexity index is 408. The van der Waals surface area contributed by atoms with Crippen LogP contribution in [0.25, 0.3) is 0 Å². The molecule has 0 amide bonds. The van der Waals surface area contributed by atoms with Crippen molar-refractivity contribution >= 4 is 0 Å². The van der Waals surface area contributed by atoms with E-state index < -0.39 is 0 Å². The maximum Gasteiger partial charge on any atom is 0.146 e. The van der Waals surface area contributed by atoms with Crippen molar-refractivity contribution in [2.45, 2.75) is 19.5 Å². The van der Waals surface area contributed by atoms with Crippen molar-refractivity contribution in [1.82, 2.24) is 14.8 Å². The Labute approximate surface area is 88.8 Å². The van der Waals surface area contributed by atoms with Gasteiger partial charge in [-0.1, -0.05) is 30.3 Å². The molecular weight excluding hydrogens is 188 g/mol. The minimum Gasteiger partial charge on any atom is -0.324 e. The van der Waals surface area contributed by atoms with Crippen LogP contribution in [-0.2, 0) is 19.5 Å². The van der Waals surface area contributed by atoms with Gasteiger partial charge in [-0.25, -0.2) is 0 Å². The van der Waals surface area contributed by atoms with Gasteiger partial charge in [0.15, 0.2) is 0 Å². The molecule has 2 rings (SSSR count). The van der Waals surface area contributed by atoms with E-state index in [4.69, 9.17) is 5.73 Å². The molecule has 2 aromatic rings. The summed E-state index contributed by atoms with van der Waals surface area (Å²) >= 11 is 0. The van der Waals surface area contributed by atoms with Crippen molar-refractivity contribution in [3.8, 4) is 0 Å². The number of aryl methyl sites for hydroxylation is 2. The first-order chi connectivity index (χ1) is 7.40. The van der Waals surface area contributed by atoms with Crippen LogP contribution in [0.3, 0.4) is 0 Å². The molecule has 2 N–H and O–H groups in total. The average molecular weight is 202 g/mol. The molecule has 1 aromatic carbocycles. The van der Waals surface area contributed by atoms with Gasteiger partial charge in [0, 0.05) is 6.54 Å². The molecule has 0 fully saturated rings. The second-order valence-corrected chi connectivity index (χ2v) is 3.38. The van der Waals surface area contributed by atoms with Crippen LogP contribution in [0.15, 0.2) is 36.7 Å². The summed E-state index contributed by atoms with van der Waals surface area (Å²) in [5, 5.41) is 7.77. The molecule has 1 aromatic heterocycles. The van der Waals surface area contributed by atoms with E-state index in [0.29, 0.717) is 6.54 Å². The van der Waals surface area contributed by atoms with Gasteiger partial charge in [0.25, 0.3) is 0 Å². The summed E-state index contributed by atoms with van der Waals surface area (Å²) in [7, 11) is 0. The van der Waals surface area contributed by atoms with Crippen molar-refractivity contribution in [1.29, 1.82) is 0 Å². The Hall–Kier alpha value is -1.68. The van der Waals surface area contributed by atoms with Gasteiger partial charge >= 0.3 is 0 Å². The van der Waals surface area contributed by atoms with Crippen LogP contribution in [0.5, 0.6) is 0 Å². The smallest absolute Gasteiger partial charge is 0.146 e. The molecule has 0 saturated carbocycles. The summed E-state index contributed by atoms with van der Waals surface area (Å²) in [6, 6.07) is 10.4. The standard InChI is InChI=1S/C11H14N4/c12-8-11-14-13-9-15(11)7-6-10-4-2-1-3-5-10/h1-5,9H,6-8,12H2. The van der Waals surface area contributed by atoms with Crippen LogP contribution >= 0.6 is 0 Å². The van der Waals surface area contributed by atoms with E-state index in [-0.39, 0.29) is 0 Å². The minimum atomic E-state index is 0.439. The first-order valence-corrected chi connectivity index (χ1v) is 5.01. The highest BCUT2D eigenvalue weighted by atomic mass is 15.3. The number of rotatable bonds is 4. The van der Waals surface area contributed by atoms with E-state index >= 15 is 0 Å². The molecule has 0 aliphatic rings. The number of nitrogens with zero attached hydrogens (tertiary/aromatic N) is 3. The van der Waals surface area contributed by atoms with Crippen molar-refractivity contribution in [2.24, 2.45) is 5.73 Å². The Balaban J connectivity index is 1.99. The predicted octanol–water partition coefficient (Wildman–Crippen LogP) is 0.979. The van der Waals surface area contributed by atoms with Gasteiger partial charge in [0.05, 0.1) is 6.54 Å². The van der Waals surface area contributed by atoms with Crippen LogP contribution < -0.4 is 5.73 Å². The molecule has 0 aliphatic heterocycles. The second kappa shape index (κ2) is 4.70. The molecule has 4 nitrogen and oxygen atoms in total. The summed E-state index contributed by atoms with van der Waals surface area (Å²) in [4.78, 5) is 0. The van der Waals surface area contributed by atoms with Gasteiger partial charge in [0.2, 0.25) is 0 Å². The first-order valence-electron chi connectivity index (χ1n) is 5.01. The molecule has 0 unspecified atom stereocenters. The lowest BCUT2D eigenvalue weighted by Crippen LogP contribution is -2.09. The third kappa shape index (κ3) is 2.41. The van der Waals surface area contributed by atoms with Crippen LogP contribution in [0, 0.1) is 0 Å². The van der Waals surface area contributed by atoms with E-state index in [0.717, 1.165) is 18.8 Å². The Morgan fingerprint density at radius 1 is 1.20 bits per heavy atom. The van der Waals surface area contributed by atoms with Gasteiger partial charge in [-0.05, 0) is 12.0 Å². The summed E-state index contributed by atoms with van der Waals surface area (Å²) < 4.78 is 1.99. The quantitative estimate of drug-likeness (QED) is 0.804. The van der Waals surface area contributed by atoms with Crippen LogP contribution in [-0.4, -0.2) is 14.8 Å². The van der Waals surface area contributed by atoms with E-state index in [1.807, 2.05) is 22.8 Å².